The largest absolute Gasteiger partial charge is 0.497 e. The summed E-state index contributed by atoms with van der Waals surface area (Å²) in [5.41, 5.74) is 7.05. The van der Waals surface area contributed by atoms with Crippen LogP contribution in [0.2, 0.25) is 0 Å². The van der Waals surface area contributed by atoms with Gasteiger partial charge in [0.05, 0.1) is 7.11 Å². The normalized spacial score (nSPS) is 14.0. The van der Waals surface area contributed by atoms with Crippen molar-refractivity contribution in [2.45, 2.75) is 25.8 Å². The summed E-state index contributed by atoms with van der Waals surface area (Å²) in [5, 5.41) is 0. The van der Waals surface area contributed by atoms with Gasteiger partial charge in [-0.25, -0.2) is 0 Å². The van der Waals surface area contributed by atoms with Gasteiger partial charge in [-0.15, -0.1) is 12.4 Å². The molecule has 2 nitrogen and oxygen atoms in total. The van der Waals surface area contributed by atoms with Crippen LogP contribution in [-0.2, 0) is 0 Å². The van der Waals surface area contributed by atoms with Crippen LogP contribution >= 0.6 is 12.4 Å². The van der Waals surface area contributed by atoms with Crippen molar-refractivity contribution in [3.05, 3.63) is 29.8 Å². The average Bonchev–Trinajstić information content (AvgIpc) is 2.16. The number of hydrogen-bond donors (Lipinski definition) is 1. The lowest BCUT2D eigenvalue weighted by molar-refractivity contribution is 0.413. The van der Waals surface area contributed by atoms with E-state index in [1.807, 2.05) is 25.1 Å². The second-order valence-electron chi connectivity index (χ2n) is 3.42. The predicted molar refractivity (Wildman–Crippen MR) is 62.3 cm³/mol. The van der Waals surface area contributed by atoms with E-state index in [2.05, 4.69) is 13.0 Å². The van der Waals surface area contributed by atoms with Crippen LogP contribution in [0.1, 0.15) is 25.3 Å². The molecule has 3 heteroatoms. The number of hydrogen-bond acceptors (Lipinski definition) is 2. The van der Waals surface area contributed by atoms with Crippen LogP contribution in [-0.4, -0.2) is 13.2 Å². The van der Waals surface area contributed by atoms with E-state index in [1.165, 1.54) is 5.56 Å². The van der Waals surface area contributed by atoms with Crippen LogP contribution in [0.25, 0.3) is 0 Å². The molecule has 80 valence electrons. The predicted octanol–water partition coefficient (Wildman–Crippen LogP) is 2.57. The maximum Gasteiger partial charge on any atom is 0.119 e. The minimum atomic E-state index is 0. The van der Waals surface area contributed by atoms with E-state index in [0.717, 1.165) is 5.75 Å². The highest BCUT2D eigenvalue weighted by molar-refractivity contribution is 5.85. The van der Waals surface area contributed by atoms with Crippen molar-refractivity contribution in [1.82, 2.24) is 0 Å². The monoisotopic (exact) mass is 215 g/mol. The first kappa shape index (κ1) is 13.3. The summed E-state index contributed by atoms with van der Waals surface area (Å²) in [5.74, 6) is 1.26. The molecule has 0 heterocycles. The highest BCUT2D eigenvalue weighted by atomic mass is 35.5. The number of halogens is 1. The molecule has 0 saturated carbocycles. The quantitative estimate of drug-likeness (QED) is 0.841. The van der Waals surface area contributed by atoms with Gasteiger partial charge in [-0.3, -0.25) is 0 Å². The van der Waals surface area contributed by atoms with Crippen molar-refractivity contribution in [2.75, 3.05) is 7.11 Å². The Morgan fingerprint density at radius 2 is 1.93 bits per heavy atom. The molecule has 0 fully saturated rings. The van der Waals surface area contributed by atoms with Gasteiger partial charge in [-0.05, 0) is 30.5 Å². The van der Waals surface area contributed by atoms with Gasteiger partial charge in [0.25, 0.3) is 0 Å². The van der Waals surface area contributed by atoms with E-state index in [4.69, 9.17) is 10.5 Å². The molecule has 1 rings (SSSR count). The Morgan fingerprint density at radius 1 is 1.29 bits per heavy atom. The van der Waals surface area contributed by atoms with E-state index in [1.54, 1.807) is 7.11 Å². The summed E-state index contributed by atoms with van der Waals surface area (Å²) in [6, 6.07) is 8.22. The third kappa shape index (κ3) is 3.20. The molecule has 0 aliphatic carbocycles. The summed E-state index contributed by atoms with van der Waals surface area (Å²) in [7, 11) is 1.68. The molecule has 1 unspecified atom stereocenters. The van der Waals surface area contributed by atoms with Gasteiger partial charge in [0.15, 0.2) is 0 Å². The van der Waals surface area contributed by atoms with Crippen LogP contribution in [0, 0.1) is 0 Å². The fourth-order valence-electron chi connectivity index (χ4n) is 1.23. The molecule has 0 bridgehead atoms. The lowest BCUT2D eigenvalue weighted by Gasteiger charge is -2.16. The number of rotatable bonds is 3. The van der Waals surface area contributed by atoms with Crippen molar-refractivity contribution in [1.29, 1.82) is 0 Å². The van der Waals surface area contributed by atoms with Crippen molar-refractivity contribution >= 4 is 12.4 Å². The minimum Gasteiger partial charge on any atom is -0.497 e. The average molecular weight is 216 g/mol. The summed E-state index contributed by atoms with van der Waals surface area (Å²) >= 11 is 0. The highest BCUT2D eigenvalue weighted by Gasteiger charge is 2.10. The van der Waals surface area contributed by atoms with E-state index < -0.39 is 0 Å². The molecule has 0 radical (unpaired) electrons. The zero-order valence-electron chi connectivity index (χ0n) is 8.86. The van der Waals surface area contributed by atoms with E-state index in [9.17, 15) is 0 Å². The molecular weight excluding hydrogens is 198 g/mol. The lowest BCUT2D eigenvalue weighted by Crippen LogP contribution is -2.22. The number of benzene rings is 1. The molecule has 2 atom stereocenters. The number of nitrogens with two attached hydrogens (primary N) is 1. The molecule has 1 aromatic carbocycles. The molecule has 2 N–H and O–H groups in total. The summed E-state index contributed by atoms with van der Waals surface area (Å²) in [4.78, 5) is 0. The first-order valence-electron chi connectivity index (χ1n) is 4.54. The van der Waals surface area contributed by atoms with Gasteiger partial charge in [-0.2, -0.15) is 0 Å². The number of ether oxygens (including phenoxy) is 1. The van der Waals surface area contributed by atoms with E-state index in [0.29, 0.717) is 5.92 Å². The SMILES string of the molecule is COc1cccc([C@@H](C)C(C)N)c1.Cl. The Balaban J connectivity index is 0.00000169. The second-order valence-corrected chi connectivity index (χ2v) is 3.42. The zero-order valence-corrected chi connectivity index (χ0v) is 9.67. The molecule has 0 saturated heterocycles. The maximum absolute atomic E-state index is 5.82. The van der Waals surface area contributed by atoms with Gasteiger partial charge in [0.2, 0.25) is 0 Å². The van der Waals surface area contributed by atoms with Crippen LogP contribution in [0.3, 0.4) is 0 Å². The fraction of sp³-hybridized carbons (Fsp3) is 0.455. The van der Waals surface area contributed by atoms with Crippen molar-refractivity contribution in [3.8, 4) is 5.75 Å². The van der Waals surface area contributed by atoms with Gasteiger partial charge in [0, 0.05) is 6.04 Å². The summed E-state index contributed by atoms with van der Waals surface area (Å²) in [6.45, 7) is 4.14. The lowest BCUT2D eigenvalue weighted by atomic mass is 9.95. The molecule has 0 aromatic heterocycles. The molecule has 0 aliphatic heterocycles. The molecule has 0 aliphatic rings. The third-order valence-electron chi connectivity index (χ3n) is 2.41. The molecule has 0 amide bonds. The Bertz CT molecular complexity index is 276. The standard InChI is InChI=1S/C11H17NO.ClH/c1-8(9(2)12)10-5-4-6-11(7-10)13-3;/h4-9H,12H2,1-3H3;1H/t8-,9?;/m0./s1. The highest BCUT2D eigenvalue weighted by Crippen LogP contribution is 2.21. The van der Waals surface area contributed by atoms with Gasteiger partial charge in [0.1, 0.15) is 5.75 Å². The zero-order chi connectivity index (χ0) is 9.84. The Hall–Kier alpha value is -0.730. The number of methoxy groups -OCH3 is 1. The minimum absolute atomic E-state index is 0. The Kier molecular flexibility index (Phi) is 5.58. The van der Waals surface area contributed by atoms with Crippen LogP contribution in [0.4, 0.5) is 0 Å². The molecule has 0 spiro atoms. The first-order chi connectivity index (χ1) is 6.15. The maximum atomic E-state index is 5.82. The Labute approximate surface area is 91.9 Å². The van der Waals surface area contributed by atoms with Crippen LogP contribution < -0.4 is 10.5 Å². The molecular formula is C11H18ClNO. The van der Waals surface area contributed by atoms with E-state index in [-0.39, 0.29) is 18.4 Å². The Morgan fingerprint density at radius 3 is 2.43 bits per heavy atom. The fourth-order valence-corrected chi connectivity index (χ4v) is 1.23. The summed E-state index contributed by atoms with van der Waals surface area (Å²) in [6.07, 6.45) is 0. The van der Waals surface area contributed by atoms with Gasteiger partial charge < -0.3 is 10.5 Å². The van der Waals surface area contributed by atoms with E-state index >= 15 is 0 Å². The second kappa shape index (κ2) is 5.89. The van der Waals surface area contributed by atoms with Gasteiger partial charge >= 0.3 is 0 Å². The van der Waals surface area contributed by atoms with Gasteiger partial charge in [-0.1, -0.05) is 19.1 Å². The third-order valence-corrected chi connectivity index (χ3v) is 2.41. The van der Waals surface area contributed by atoms with Crippen molar-refractivity contribution < 1.29 is 4.74 Å². The van der Waals surface area contributed by atoms with Crippen LogP contribution in [0.15, 0.2) is 24.3 Å². The topological polar surface area (TPSA) is 35.2 Å². The van der Waals surface area contributed by atoms with Crippen LogP contribution in [0.5, 0.6) is 5.75 Å². The molecule has 1 aromatic rings. The first-order valence-corrected chi connectivity index (χ1v) is 4.54. The smallest absolute Gasteiger partial charge is 0.119 e. The summed E-state index contributed by atoms with van der Waals surface area (Å²) < 4.78 is 5.14. The molecule has 14 heavy (non-hydrogen) atoms. The van der Waals surface area contributed by atoms with Crippen molar-refractivity contribution in [3.63, 3.8) is 0 Å². The van der Waals surface area contributed by atoms with Crippen molar-refractivity contribution in [2.24, 2.45) is 5.73 Å².